The first-order valence-corrected chi connectivity index (χ1v) is 12.6. The Bertz CT molecular complexity index is 1500. The Kier molecular flexibility index (Phi) is 6.94. The number of ether oxygens (including phenoxy) is 1. The number of sulfonamides is 1. The van der Waals surface area contributed by atoms with Crippen molar-refractivity contribution in [2.45, 2.75) is 10.1 Å². The molecule has 0 unspecified atom stereocenters. The van der Waals surface area contributed by atoms with Crippen molar-refractivity contribution in [2.75, 3.05) is 22.9 Å². The summed E-state index contributed by atoms with van der Waals surface area (Å²) in [6.45, 7) is 0. The van der Waals surface area contributed by atoms with E-state index in [-0.39, 0.29) is 21.8 Å². The quantitative estimate of drug-likeness (QED) is 0.288. The number of nitrogens with two attached hydrogens (primary N) is 1. The van der Waals surface area contributed by atoms with Gasteiger partial charge >= 0.3 is 0 Å². The Morgan fingerprint density at radius 3 is 2.54 bits per heavy atom. The fourth-order valence-corrected chi connectivity index (χ4v) is 4.82. The van der Waals surface area contributed by atoms with Crippen LogP contribution in [0.4, 0.5) is 11.4 Å². The van der Waals surface area contributed by atoms with Gasteiger partial charge in [-0.1, -0.05) is 23.9 Å². The summed E-state index contributed by atoms with van der Waals surface area (Å²) in [5.74, 6) is -0.473. The van der Waals surface area contributed by atoms with E-state index in [0.29, 0.717) is 33.8 Å². The number of methoxy groups -OCH3 is 1. The highest BCUT2D eigenvalue weighted by molar-refractivity contribution is 7.99. The summed E-state index contributed by atoms with van der Waals surface area (Å²) < 4.78 is 39.0. The zero-order valence-electron chi connectivity index (χ0n) is 18.3. The van der Waals surface area contributed by atoms with E-state index >= 15 is 0 Å². The minimum Gasteiger partial charge on any atom is -0.495 e. The van der Waals surface area contributed by atoms with Crippen molar-refractivity contribution in [3.8, 4) is 5.75 Å². The van der Waals surface area contributed by atoms with Crippen LogP contribution in [0.3, 0.4) is 0 Å². The number of para-hydroxylation sites is 2. The van der Waals surface area contributed by atoms with Crippen LogP contribution in [-0.2, 0) is 14.8 Å². The van der Waals surface area contributed by atoms with Crippen LogP contribution < -0.4 is 20.5 Å². The maximum absolute atomic E-state index is 12.9. The number of amides is 2. The SMILES string of the molecule is COc1ccccc1NS(=O)(=O)c1ccc2oc(SCC(=O)Nc3ccc(C(N)=O)cc3)nc2c1. The molecule has 12 heteroatoms. The molecule has 0 spiro atoms. The van der Waals surface area contributed by atoms with Crippen LogP contribution in [0.1, 0.15) is 10.4 Å². The van der Waals surface area contributed by atoms with Crippen molar-refractivity contribution in [2.24, 2.45) is 5.73 Å². The van der Waals surface area contributed by atoms with Gasteiger partial charge in [0.05, 0.1) is 23.4 Å². The summed E-state index contributed by atoms with van der Waals surface area (Å²) in [6, 6.07) is 17.1. The van der Waals surface area contributed by atoms with E-state index < -0.39 is 15.9 Å². The average Bonchev–Trinajstić information content (AvgIpc) is 3.25. The summed E-state index contributed by atoms with van der Waals surface area (Å²) >= 11 is 1.06. The number of anilines is 2. The van der Waals surface area contributed by atoms with Gasteiger partial charge in [0.15, 0.2) is 5.58 Å². The molecule has 0 bridgehead atoms. The van der Waals surface area contributed by atoms with Crippen LogP contribution in [0.25, 0.3) is 11.1 Å². The fraction of sp³-hybridized carbons (Fsp3) is 0.0870. The third-order valence-corrected chi connectivity index (χ3v) is 6.97. The number of carbonyl (C=O) groups is 2. The summed E-state index contributed by atoms with van der Waals surface area (Å²) in [7, 11) is -2.46. The molecule has 35 heavy (non-hydrogen) atoms. The van der Waals surface area contributed by atoms with Crippen molar-refractivity contribution in [3.63, 3.8) is 0 Å². The van der Waals surface area contributed by atoms with Crippen molar-refractivity contribution in [1.82, 2.24) is 4.98 Å². The number of nitrogens with zero attached hydrogens (tertiary/aromatic N) is 1. The topological polar surface area (TPSA) is 154 Å². The van der Waals surface area contributed by atoms with Crippen molar-refractivity contribution >= 4 is 56.1 Å². The highest BCUT2D eigenvalue weighted by Crippen LogP contribution is 2.29. The zero-order chi connectivity index (χ0) is 25.0. The molecule has 4 aromatic rings. The molecule has 1 aromatic heterocycles. The van der Waals surface area contributed by atoms with Crippen LogP contribution in [0.2, 0.25) is 0 Å². The molecule has 10 nitrogen and oxygen atoms in total. The maximum Gasteiger partial charge on any atom is 0.262 e. The number of primary amides is 1. The molecule has 4 rings (SSSR count). The molecular weight excluding hydrogens is 492 g/mol. The van der Waals surface area contributed by atoms with Gasteiger partial charge in [0.2, 0.25) is 11.8 Å². The molecule has 0 fully saturated rings. The highest BCUT2D eigenvalue weighted by atomic mass is 32.2. The Morgan fingerprint density at radius 2 is 1.83 bits per heavy atom. The molecule has 0 saturated heterocycles. The van der Waals surface area contributed by atoms with Crippen molar-refractivity contribution in [3.05, 3.63) is 72.3 Å². The predicted octanol–water partition coefficient (Wildman–Crippen LogP) is 3.47. The smallest absolute Gasteiger partial charge is 0.262 e. The zero-order valence-corrected chi connectivity index (χ0v) is 20.0. The van der Waals surface area contributed by atoms with Crippen LogP contribution >= 0.6 is 11.8 Å². The number of benzene rings is 3. The van der Waals surface area contributed by atoms with E-state index in [4.69, 9.17) is 14.9 Å². The lowest BCUT2D eigenvalue weighted by atomic mass is 10.2. The van der Waals surface area contributed by atoms with Gasteiger partial charge in [-0.15, -0.1) is 0 Å². The monoisotopic (exact) mass is 512 g/mol. The Labute approximate surface area is 204 Å². The van der Waals surface area contributed by atoms with E-state index in [1.165, 1.54) is 37.4 Å². The summed E-state index contributed by atoms with van der Waals surface area (Å²) in [5.41, 5.74) is 7.07. The maximum atomic E-state index is 12.9. The van der Waals surface area contributed by atoms with E-state index in [2.05, 4.69) is 15.0 Å². The molecule has 180 valence electrons. The number of aromatic nitrogens is 1. The van der Waals surface area contributed by atoms with E-state index in [1.54, 1.807) is 36.4 Å². The Balaban J connectivity index is 1.43. The van der Waals surface area contributed by atoms with Gasteiger partial charge in [-0.25, -0.2) is 13.4 Å². The molecule has 0 atom stereocenters. The number of carbonyl (C=O) groups excluding carboxylic acids is 2. The first-order valence-electron chi connectivity index (χ1n) is 10.1. The van der Waals surface area contributed by atoms with E-state index in [0.717, 1.165) is 11.8 Å². The normalized spacial score (nSPS) is 11.2. The molecule has 0 aliphatic heterocycles. The van der Waals surface area contributed by atoms with Gasteiger partial charge in [-0.3, -0.25) is 14.3 Å². The minimum absolute atomic E-state index is 0.00194. The molecule has 0 aliphatic rings. The number of nitrogens with one attached hydrogen (secondary N) is 2. The van der Waals surface area contributed by atoms with Crippen LogP contribution in [-0.4, -0.2) is 38.1 Å². The van der Waals surface area contributed by atoms with Crippen LogP contribution in [0.5, 0.6) is 5.75 Å². The second-order valence-corrected chi connectivity index (χ2v) is 9.80. The molecule has 0 saturated carbocycles. The van der Waals surface area contributed by atoms with Gasteiger partial charge in [0.25, 0.3) is 15.2 Å². The number of thioether (sulfide) groups is 1. The summed E-state index contributed by atoms with van der Waals surface area (Å²) in [6.07, 6.45) is 0. The highest BCUT2D eigenvalue weighted by Gasteiger charge is 2.19. The molecule has 0 radical (unpaired) electrons. The number of hydrogen-bond donors (Lipinski definition) is 3. The number of oxazole rings is 1. The Morgan fingerprint density at radius 1 is 1.09 bits per heavy atom. The van der Waals surface area contributed by atoms with E-state index in [1.807, 2.05) is 0 Å². The van der Waals surface area contributed by atoms with Crippen LogP contribution in [0.15, 0.2) is 81.3 Å². The second-order valence-electron chi connectivity index (χ2n) is 7.19. The standard InChI is InChI=1S/C23H20N4O6S2/c1-32-19-5-3-2-4-17(19)27-35(30,31)16-10-11-20-18(12-16)26-23(33-20)34-13-21(28)25-15-8-6-14(7-9-15)22(24)29/h2-12,27H,13H2,1H3,(H2,24,29)(H,25,28). The van der Waals surface area contributed by atoms with E-state index in [9.17, 15) is 18.0 Å². The molecule has 3 aromatic carbocycles. The van der Waals surface area contributed by atoms with Gasteiger partial charge in [0.1, 0.15) is 11.3 Å². The number of fused-ring (bicyclic) bond motifs is 1. The van der Waals surface area contributed by atoms with Gasteiger partial charge in [-0.2, -0.15) is 0 Å². The van der Waals surface area contributed by atoms with Gasteiger partial charge in [0, 0.05) is 11.3 Å². The lowest BCUT2D eigenvalue weighted by molar-refractivity contribution is -0.113. The van der Waals surface area contributed by atoms with Gasteiger partial charge < -0.3 is 20.2 Å². The molecule has 4 N–H and O–H groups in total. The molecular formula is C23H20N4O6S2. The summed E-state index contributed by atoms with van der Waals surface area (Å²) in [5, 5.41) is 2.91. The fourth-order valence-electron chi connectivity index (χ4n) is 3.09. The first kappa shape index (κ1) is 24.1. The van der Waals surface area contributed by atoms with Crippen molar-refractivity contribution in [1.29, 1.82) is 0 Å². The Hall–Kier alpha value is -4.03. The molecule has 1 heterocycles. The lowest BCUT2D eigenvalue weighted by Gasteiger charge is -2.11. The summed E-state index contributed by atoms with van der Waals surface area (Å²) in [4.78, 5) is 27.6. The van der Waals surface area contributed by atoms with Gasteiger partial charge in [-0.05, 0) is 54.6 Å². The van der Waals surface area contributed by atoms with Crippen LogP contribution in [0, 0.1) is 0 Å². The van der Waals surface area contributed by atoms with Crippen molar-refractivity contribution < 1.29 is 27.2 Å². The third kappa shape index (κ3) is 5.73. The third-order valence-electron chi connectivity index (χ3n) is 4.78. The minimum atomic E-state index is -3.91. The predicted molar refractivity (Wildman–Crippen MR) is 132 cm³/mol. The average molecular weight is 513 g/mol. The number of rotatable bonds is 9. The first-order chi connectivity index (χ1) is 16.7. The molecule has 2 amide bonds. The lowest BCUT2D eigenvalue weighted by Crippen LogP contribution is -2.15. The molecule has 0 aliphatic carbocycles. The second kappa shape index (κ2) is 10.1. The number of hydrogen-bond acceptors (Lipinski definition) is 8. The largest absolute Gasteiger partial charge is 0.495 e.